The number of aliphatic hydroxyl groups excluding tert-OH is 10. The molecule has 0 bridgehead atoms. The van der Waals surface area contributed by atoms with Crippen molar-refractivity contribution in [3.05, 3.63) is 117 Å². The number of phenols is 4. The molecule has 0 unspecified atom stereocenters. The molecule has 0 aromatic heterocycles. The van der Waals surface area contributed by atoms with Gasteiger partial charge in [0.15, 0.2) is 11.5 Å². The quantitative estimate of drug-likeness (QED) is 0.00745. The molecule has 0 fully saturated rings. The van der Waals surface area contributed by atoms with E-state index in [2.05, 4.69) is 47.0 Å². The van der Waals surface area contributed by atoms with Crippen LogP contribution in [0, 0.1) is 20.2 Å². The number of non-ortho nitro benzene ring substituents is 2. The van der Waals surface area contributed by atoms with Crippen LogP contribution in [0.4, 0.5) is 45.5 Å². The number of hydrogen-bond acceptors (Lipinski definition) is 37. The summed E-state index contributed by atoms with van der Waals surface area (Å²) in [5, 5.41) is 174. The summed E-state index contributed by atoms with van der Waals surface area (Å²) in [7, 11) is -19.8. The Hall–Kier alpha value is -8.83. The number of fused-ring (bicyclic) bond motifs is 4. The Morgan fingerprint density at radius 1 is 0.333 bits per heavy atom. The number of nitrogens with one attached hydrogen (secondary N) is 5. The van der Waals surface area contributed by atoms with Gasteiger partial charge in [0.2, 0.25) is 0 Å². The summed E-state index contributed by atoms with van der Waals surface area (Å²) in [6.07, 6.45) is 0. The van der Waals surface area contributed by atoms with Crippen LogP contribution in [0.5, 0.6) is 23.0 Å². The SMILES string of the molecule is Nc1ccc2c(O)c(N=Nc3c(O)cc(S(=O)(=O)O)c4cc([N+](=O)[O-])ccc34)c(S(=O)(=O)O)cc2c1.Nc1ccc2c(O)c(N=Nc3c(O)cc(S(=O)(=O)O)c4cc([N+](=O)[O-])ccc34)c(S(=O)(=O)O)cc2c1.OCCNCCO.OCCNCCO.OCCNCCO.OCCNCCO.OCCNCCO.[Cr].[H+].[H+].[H+].[H+].[H+]. The molecule has 0 spiro atoms. The summed E-state index contributed by atoms with van der Waals surface area (Å²) in [5.41, 5.74) is 8.36. The first-order chi connectivity index (χ1) is 50.4. The van der Waals surface area contributed by atoms with E-state index in [1.165, 1.54) is 36.4 Å². The molecule has 0 aliphatic heterocycles. The Bertz CT molecular complexity index is 4470. The number of anilines is 2. The molecule has 27 N–H and O–H groups in total. The van der Waals surface area contributed by atoms with E-state index in [-0.39, 0.29) is 134 Å². The zero-order valence-corrected chi connectivity index (χ0v) is 61.2. The van der Waals surface area contributed by atoms with Crippen LogP contribution in [-0.4, -0.2) is 265 Å². The first-order valence-corrected chi connectivity index (χ1v) is 36.5. The molecule has 8 aromatic carbocycles. The van der Waals surface area contributed by atoms with Crippen molar-refractivity contribution in [1.29, 1.82) is 0 Å². The van der Waals surface area contributed by atoms with Crippen molar-refractivity contribution in [2.24, 2.45) is 20.5 Å². The number of aromatic hydroxyl groups is 4. The fourth-order valence-electron chi connectivity index (χ4n) is 8.51. The largest absolute Gasteiger partial charge is 1.00 e. The average Bonchev–Trinajstić information content (AvgIpc) is 0.772. The molecule has 0 atom stereocenters. The third-order valence-electron chi connectivity index (χ3n) is 13.1. The maximum atomic E-state index is 12.0. The van der Waals surface area contributed by atoms with Crippen molar-refractivity contribution in [2.45, 2.75) is 19.6 Å². The normalized spacial score (nSPS) is 11.4. The molecule has 0 amide bonds. The zero-order valence-electron chi connectivity index (χ0n) is 61.7. The average molecular weight is 1650 g/mol. The topological polar surface area (TPSA) is 749 Å². The molecule has 48 heteroatoms. The minimum atomic E-state index is -4.96. The van der Waals surface area contributed by atoms with E-state index < -0.39 is 138 Å². The number of nitro groups is 2. The monoisotopic (exact) mass is 1650 g/mol. The van der Waals surface area contributed by atoms with Crippen molar-refractivity contribution < 1.29 is 158 Å². The van der Waals surface area contributed by atoms with Crippen LogP contribution in [0.2, 0.25) is 0 Å². The van der Waals surface area contributed by atoms with Crippen molar-refractivity contribution in [2.75, 3.05) is 143 Å². The van der Waals surface area contributed by atoms with Crippen LogP contribution < -0.4 is 38.1 Å². The molecule has 598 valence electrons. The van der Waals surface area contributed by atoms with Gasteiger partial charge in [-0.05, 0) is 71.4 Å². The molecule has 0 aliphatic carbocycles. The van der Waals surface area contributed by atoms with Gasteiger partial charge in [0.1, 0.15) is 53.8 Å². The van der Waals surface area contributed by atoms with E-state index >= 15 is 0 Å². The molecular formula is C60H88CrN13O30S4+5. The minimum absolute atomic E-state index is 0. The van der Waals surface area contributed by atoms with Crippen LogP contribution in [-0.2, 0) is 57.8 Å². The number of nitrogen functional groups attached to an aromatic ring is 2. The summed E-state index contributed by atoms with van der Waals surface area (Å²) in [6, 6.07) is 17.0. The van der Waals surface area contributed by atoms with Gasteiger partial charge in [0, 0.05) is 163 Å². The van der Waals surface area contributed by atoms with Crippen LogP contribution in [0.25, 0.3) is 43.1 Å². The Morgan fingerprint density at radius 3 is 0.787 bits per heavy atom. The predicted molar refractivity (Wildman–Crippen MR) is 393 cm³/mol. The van der Waals surface area contributed by atoms with Crippen LogP contribution in [0.1, 0.15) is 7.13 Å². The van der Waals surface area contributed by atoms with E-state index in [9.17, 15) is 92.5 Å². The molecule has 8 aromatic rings. The Morgan fingerprint density at radius 2 is 0.565 bits per heavy atom. The third kappa shape index (κ3) is 31.4. The number of azo groups is 2. The summed E-state index contributed by atoms with van der Waals surface area (Å²) in [6.45, 7) is 7.09. The first-order valence-electron chi connectivity index (χ1n) is 30.8. The van der Waals surface area contributed by atoms with Gasteiger partial charge in [-0.1, -0.05) is 0 Å². The third-order valence-corrected chi connectivity index (χ3v) is 16.7. The Kier molecular flexibility index (Phi) is 43.7. The molecular weight excluding hydrogens is 1560 g/mol. The van der Waals surface area contributed by atoms with Gasteiger partial charge in [0.25, 0.3) is 51.8 Å². The Balaban J connectivity index is -0.000000467. The van der Waals surface area contributed by atoms with Gasteiger partial charge in [-0.25, -0.2) is 0 Å². The molecule has 0 saturated carbocycles. The van der Waals surface area contributed by atoms with Crippen molar-refractivity contribution in [1.82, 2.24) is 26.6 Å². The van der Waals surface area contributed by atoms with Crippen molar-refractivity contribution >= 4 is 129 Å². The van der Waals surface area contributed by atoms with E-state index in [1.807, 2.05) is 0 Å². The van der Waals surface area contributed by atoms with E-state index in [1.54, 1.807) is 0 Å². The molecule has 108 heavy (non-hydrogen) atoms. The van der Waals surface area contributed by atoms with Gasteiger partial charge in [-0.2, -0.15) is 33.7 Å². The predicted octanol–water partition coefficient (Wildman–Crippen LogP) is 0.970. The summed E-state index contributed by atoms with van der Waals surface area (Å²) in [4.78, 5) is 17.2. The van der Waals surface area contributed by atoms with E-state index in [0.29, 0.717) is 77.6 Å². The first kappa shape index (κ1) is 97.2. The maximum absolute atomic E-state index is 12.0. The van der Waals surface area contributed by atoms with E-state index in [4.69, 9.17) is 62.5 Å². The van der Waals surface area contributed by atoms with Crippen molar-refractivity contribution in [3.8, 4) is 23.0 Å². The van der Waals surface area contributed by atoms with Gasteiger partial charge in [-0.15, -0.1) is 20.5 Å². The summed E-state index contributed by atoms with van der Waals surface area (Å²) < 4.78 is 134. The second kappa shape index (κ2) is 48.6. The minimum Gasteiger partial charge on any atom is -0.506 e. The number of benzene rings is 8. The van der Waals surface area contributed by atoms with Gasteiger partial charge in [0.05, 0.1) is 75.9 Å². The molecule has 43 nitrogen and oxygen atoms in total. The van der Waals surface area contributed by atoms with Crippen LogP contribution >= 0.6 is 0 Å². The number of nitrogens with two attached hydrogens (primary N) is 2. The number of aliphatic hydroxyl groups is 10. The van der Waals surface area contributed by atoms with Gasteiger partial charge in [-0.3, -0.25) is 38.4 Å². The number of nitrogens with zero attached hydrogens (tertiary/aromatic N) is 6. The van der Waals surface area contributed by atoms with Gasteiger partial charge < -0.3 is 110 Å². The molecule has 8 rings (SSSR count). The van der Waals surface area contributed by atoms with Crippen LogP contribution in [0.15, 0.2) is 137 Å². The fraction of sp³-hybridized carbons (Fsp3) is 0.333. The second-order valence-electron chi connectivity index (χ2n) is 20.9. The number of rotatable bonds is 30. The molecule has 0 aliphatic rings. The molecule has 0 heterocycles. The molecule has 0 radical (unpaired) electrons. The maximum Gasteiger partial charge on any atom is 1.00 e. The molecule has 0 saturated heterocycles. The van der Waals surface area contributed by atoms with E-state index in [0.717, 1.165) is 48.5 Å². The second-order valence-corrected chi connectivity index (χ2v) is 26.4. The number of hydrogen-bond donors (Lipinski definition) is 25. The van der Waals surface area contributed by atoms with Crippen LogP contribution in [0.3, 0.4) is 0 Å². The number of phenolic OH excluding ortho intramolecular Hbond substituents is 4. The van der Waals surface area contributed by atoms with Gasteiger partial charge >= 0.3 is 7.13 Å². The fourth-order valence-corrected chi connectivity index (χ4v) is 11.2. The number of nitro benzene ring substituents is 2. The summed E-state index contributed by atoms with van der Waals surface area (Å²) in [5.74, 6) is -3.13. The summed E-state index contributed by atoms with van der Waals surface area (Å²) >= 11 is 0. The standard InChI is InChI=1S/2C20H14N4O10S2.5C4H11NO2.Cr/c2*21-10-1-3-12-9(5-10)6-17(36(32,33)34)19(20(12)26)23-22-18-13-4-2-11(24(27)28)7-14(13)16(8-15(18)25)35(29,30)31;5*6-3-1-5-2-4-7;/h2*1-8,25-26H,21H2,(H,29,30,31)(H,32,33,34);5*5-7H,1-4H2;/p+5. The van der Waals surface area contributed by atoms with Crippen molar-refractivity contribution in [3.63, 3.8) is 0 Å². The Labute approximate surface area is 633 Å². The smallest absolute Gasteiger partial charge is 0.506 e. The zero-order chi connectivity index (χ0) is 80.8.